The Bertz CT molecular complexity index is 504. The molecular weight excluding hydrogens is 268 g/mol. The molecule has 1 N–H and O–H groups in total. The van der Waals surface area contributed by atoms with E-state index in [1.807, 2.05) is 6.08 Å². The summed E-state index contributed by atoms with van der Waals surface area (Å²) in [6.07, 6.45) is 3.08. The van der Waals surface area contributed by atoms with Crippen LogP contribution < -0.4 is 0 Å². The second kappa shape index (κ2) is 4.26. The molecule has 3 atom stereocenters. The van der Waals surface area contributed by atoms with Gasteiger partial charge in [-0.25, -0.2) is 4.79 Å². The number of amides is 2. The van der Waals surface area contributed by atoms with E-state index in [4.69, 9.17) is 5.11 Å². The Hall–Kier alpha value is -1.50. The van der Waals surface area contributed by atoms with Gasteiger partial charge in [-0.2, -0.15) is 0 Å². The second-order valence-corrected chi connectivity index (χ2v) is 6.10. The molecule has 0 spiro atoms. The molecule has 0 aromatic rings. The summed E-state index contributed by atoms with van der Waals surface area (Å²) in [6, 6.07) is -0.735. The Morgan fingerprint density at radius 2 is 2.21 bits per heavy atom. The van der Waals surface area contributed by atoms with Crippen molar-refractivity contribution in [3.05, 3.63) is 11.6 Å². The van der Waals surface area contributed by atoms with Crippen LogP contribution in [0.2, 0.25) is 0 Å². The summed E-state index contributed by atoms with van der Waals surface area (Å²) in [5, 5.41) is 8.88. The summed E-state index contributed by atoms with van der Waals surface area (Å²) in [5.41, 5.74) is 0.653. The van der Waals surface area contributed by atoms with Crippen molar-refractivity contribution in [1.82, 2.24) is 9.80 Å². The van der Waals surface area contributed by atoms with Gasteiger partial charge in [-0.15, -0.1) is 11.8 Å². The highest BCUT2D eigenvalue weighted by atomic mass is 32.2. The number of carboxylic acids is 1. The van der Waals surface area contributed by atoms with Gasteiger partial charge in [0.2, 0.25) is 5.91 Å². The van der Waals surface area contributed by atoms with Crippen molar-refractivity contribution < 1.29 is 19.5 Å². The van der Waals surface area contributed by atoms with Crippen LogP contribution in [0.3, 0.4) is 0 Å². The van der Waals surface area contributed by atoms with E-state index in [9.17, 15) is 14.4 Å². The van der Waals surface area contributed by atoms with Gasteiger partial charge in [-0.1, -0.05) is 6.08 Å². The number of hydrogen-bond acceptors (Lipinski definition) is 4. The number of carbonyl (C=O) groups is 3. The Balaban J connectivity index is 1.77. The monoisotopic (exact) mass is 282 g/mol. The van der Waals surface area contributed by atoms with Crippen molar-refractivity contribution in [2.24, 2.45) is 0 Å². The molecule has 102 valence electrons. The maximum atomic E-state index is 12.0. The van der Waals surface area contributed by atoms with Crippen molar-refractivity contribution in [1.29, 1.82) is 0 Å². The van der Waals surface area contributed by atoms with E-state index >= 15 is 0 Å². The zero-order valence-corrected chi connectivity index (χ0v) is 11.2. The molecule has 0 bridgehead atoms. The number of carboxylic acid groups (broad SMARTS) is 1. The fourth-order valence-corrected chi connectivity index (χ4v) is 4.19. The van der Waals surface area contributed by atoms with Crippen LogP contribution in [-0.4, -0.2) is 62.9 Å². The first-order valence-corrected chi connectivity index (χ1v) is 7.20. The first-order valence-electron chi connectivity index (χ1n) is 6.15. The average molecular weight is 282 g/mol. The number of likely N-dealkylation sites (tertiary alicyclic amines) is 1. The van der Waals surface area contributed by atoms with Crippen LogP contribution in [0.5, 0.6) is 0 Å². The van der Waals surface area contributed by atoms with Crippen molar-refractivity contribution in [3.63, 3.8) is 0 Å². The molecule has 2 amide bonds. The van der Waals surface area contributed by atoms with Crippen LogP contribution in [0, 0.1) is 0 Å². The van der Waals surface area contributed by atoms with Crippen LogP contribution in [0.25, 0.3) is 0 Å². The standard InChI is InChI=1S/C12H14N2O4S/c1-13-6(2-3-9(13)15)4-7-10(16)14-8(12(17)18)5-19-11(7)14/h4,6,8,11H,2-3,5H2,1H3,(H,17,18)/t6?,8?,11-/m1/s1. The number of rotatable bonds is 2. The van der Waals surface area contributed by atoms with Gasteiger partial charge < -0.3 is 14.9 Å². The van der Waals surface area contributed by atoms with E-state index in [2.05, 4.69) is 0 Å². The molecule has 3 heterocycles. The van der Waals surface area contributed by atoms with E-state index in [1.54, 1.807) is 11.9 Å². The summed E-state index contributed by atoms with van der Waals surface area (Å²) < 4.78 is 0. The van der Waals surface area contributed by atoms with Gasteiger partial charge in [0.1, 0.15) is 11.4 Å². The highest BCUT2D eigenvalue weighted by Gasteiger charge is 2.53. The topological polar surface area (TPSA) is 77.9 Å². The molecule has 3 aliphatic rings. The third kappa shape index (κ3) is 1.75. The lowest BCUT2D eigenvalue weighted by Crippen LogP contribution is -2.56. The number of β-lactam (4-membered cyclic amide) rings is 1. The lowest BCUT2D eigenvalue weighted by Gasteiger charge is -2.39. The van der Waals surface area contributed by atoms with E-state index in [1.165, 1.54) is 16.7 Å². The van der Waals surface area contributed by atoms with Crippen molar-refractivity contribution >= 4 is 29.5 Å². The molecule has 0 aromatic carbocycles. The number of fused-ring (bicyclic) bond motifs is 1. The molecule has 3 saturated heterocycles. The van der Waals surface area contributed by atoms with E-state index < -0.39 is 12.0 Å². The van der Waals surface area contributed by atoms with E-state index in [0.717, 1.165) is 6.42 Å². The van der Waals surface area contributed by atoms with Gasteiger partial charge in [-0.05, 0) is 6.42 Å². The zero-order chi connectivity index (χ0) is 13.7. The number of carbonyl (C=O) groups excluding carboxylic acids is 2. The molecule has 2 unspecified atom stereocenters. The Labute approximate surface area is 114 Å². The molecule has 0 aliphatic carbocycles. The summed E-state index contributed by atoms with van der Waals surface area (Å²) in [6.45, 7) is 0. The molecule has 0 aromatic heterocycles. The smallest absolute Gasteiger partial charge is 0.327 e. The van der Waals surface area contributed by atoms with Crippen LogP contribution in [0.1, 0.15) is 12.8 Å². The molecule has 6 nitrogen and oxygen atoms in total. The van der Waals surface area contributed by atoms with Gasteiger partial charge in [0.15, 0.2) is 0 Å². The predicted octanol–water partition coefficient (Wildman–Crippen LogP) is -0.0981. The highest BCUT2D eigenvalue weighted by molar-refractivity contribution is 8.00. The highest BCUT2D eigenvalue weighted by Crippen LogP contribution is 2.43. The third-order valence-corrected chi connectivity index (χ3v) is 5.25. The minimum Gasteiger partial charge on any atom is -0.480 e. The SMILES string of the molecule is CN1C(=O)CCC1C=C1C(=O)N2C(C(=O)O)CS[C@H]12. The van der Waals surface area contributed by atoms with Gasteiger partial charge in [0.25, 0.3) is 5.91 Å². The van der Waals surface area contributed by atoms with E-state index in [0.29, 0.717) is 17.7 Å². The first-order chi connectivity index (χ1) is 9.00. The average Bonchev–Trinajstić information content (AvgIpc) is 2.90. The lowest BCUT2D eigenvalue weighted by molar-refractivity contribution is -0.150. The van der Waals surface area contributed by atoms with Gasteiger partial charge in [-0.3, -0.25) is 9.59 Å². The third-order valence-electron chi connectivity index (χ3n) is 3.95. The maximum absolute atomic E-state index is 12.0. The first kappa shape index (κ1) is 12.5. The lowest BCUT2D eigenvalue weighted by atomic mass is 10.00. The zero-order valence-electron chi connectivity index (χ0n) is 10.4. The largest absolute Gasteiger partial charge is 0.480 e. The summed E-state index contributed by atoms with van der Waals surface area (Å²) in [4.78, 5) is 37.5. The minimum atomic E-state index is -0.949. The van der Waals surface area contributed by atoms with Crippen LogP contribution in [0.15, 0.2) is 11.6 Å². The molecule has 3 aliphatic heterocycles. The molecule has 0 radical (unpaired) electrons. The van der Waals surface area contributed by atoms with Crippen molar-refractivity contribution in [2.45, 2.75) is 30.3 Å². The molecule has 19 heavy (non-hydrogen) atoms. The normalized spacial score (nSPS) is 35.8. The Morgan fingerprint density at radius 1 is 1.47 bits per heavy atom. The number of nitrogens with zero attached hydrogens (tertiary/aromatic N) is 2. The van der Waals surface area contributed by atoms with E-state index in [-0.39, 0.29) is 23.2 Å². The molecule has 0 saturated carbocycles. The summed E-state index contributed by atoms with van der Waals surface area (Å²) >= 11 is 1.48. The Morgan fingerprint density at radius 3 is 2.79 bits per heavy atom. The Kier molecular flexibility index (Phi) is 2.81. The van der Waals surface area contributed by atoms with Crippen molar-refractivity contribution in [2.75, 3.05) is 12.8 Å². The van der Waals surface area contributed by atoms with Gasteiger partial charge in [0.05, 0.1) is 6.04 Å². The van der Waals surface area contributed by atoms with Gasteiger partial charge in [0, 0.05) is 24.8 Å². The fourth-order valence-electron chi connectivity index (χ4n) is 2.76. The number of likely N-dealkylation sites (N-methyl/N-ethyl adjacent to an activating group) is 1. The molecular formula is C12H14N2O4S. The molecule has 3 rings (SSSR count). The van der Waals surface area contributed by atoms with Crippen LogP contribution >= 0.6 is 11.8 Å². The molecule has 3 fully saturated rings. The summed E-state index contributed by atoms with van der Waals surface area (Å²) in [7, 11) is 1.74. The number of aliphatic carboxylic acids is 1. The number of thioether (sulfide) groups is 1. The van der Waals surface area contributed by atoms with Crippen LogP contribution in [-0.2, 0) is 14.4 Å². The quantitative estimate of drug-likeness (QED) is 0.565. The van der Waals surface area contributed by atoms with Crippen molar-refractivity contribution in [3.8, 4) is 0 Å². The predicted molar refractivity (Wildman–Crippen MR) is 68.4 cm³/mol. The van der Waals surface area contributed by atoms with Crippen LogP contribution in [0.4, 0.5) is 0 Å². The maximum Gasteiger partial charge on any atom is 0.327 e. The minimum absolute atomic E-state index is 0.0296. The molecule has 7 heteroatoms. The number of hydrogen-bond donors (Lipinski definition) is 1. The fraction of sp³-hybridized carbons (Fsp3) is 0.583. The van der Waals surface area contributed by atoms with Gasteiger partial charge >= 0.3 is 5.97 Å². The second-order valence-electron chi connectivity index (χ2n) is 4.98. The summed E-state index contributed by atoms with van der Waals surface area (Å²) in [5.74, 6) is -0.624.